The molecule has 2 unspecified atom stereocenters. The zero-order valence-electron chi connectivity index (χ0n) is 11.9. The molecule has 0 saturated carbocycles. The maximum absolute atomic E-state index is 6.32. The summed E-state index contributed by atoms with van der Waals surface area (Å²) in [7, 11) is -0.327. The fourth-order valence-corrected chi connectivity index (χ4v) is 8.88. The molecule has 0 N–H and O–H groups in total. The quantitative estimate of drug-likeness (QED) is 0.712. The Balaban J connectivity index is 0.00000144. The van der Waals surface area contributed by atoms with E-state index in [-0.39, 0.29) is 30.9 Å². The van der Waals surface area contributed by atoms with Crippen LogP contribution in [0.3, 0.4) is 0 Å². The van der Waals surface area contributed by atoms with Crippen molar-refractivity contribution in [2.24, 2.45) is 0 Å². The lowest BCUT2D eigenvalue weighted by Gasteiger charge is -2.53. The summed E-state index contributed by atoms with van der Waals surface area (Å²) in [5.74, 6) is 0. The van der Waals surface area contributed by atoms with Crippen molar-refractivity contribution in [2.45, 2.75) is 62.1 Å². The lowest BCUT2D eigenvalue weighted by Crippen LogP contribution is -2.65. The number of ether oxygens (including phenoxy) is 2. The summed E-state index contributed by atoms with van der Waals surface area (Å²) in [5.41, 5.74) is 0. The number of hydrogen-bond donors (Lipinski definition) is 0. The average Bonchev–Trinajstić information content (AvgIpc) is 2.40. The van der Waals surface area contributed by atoms with Crippen LogP contribution in [0.1, 0.15) is 40.0 Å². The summed E-state index contributed by atoms with van der Waals surface area (Å²) in [6.45, 7) is 6.82. The van der Waals surface area contributed by atoms with E-state index in [0.717, 1.165) is 13.2 Å². The van der Waals surface area contributed by atoms with Gasteiger partial charge in [-0.1, -0.05) is 13.1 Å². The van der Waals surface area contributed by atoms with Crippen molar-refractivity contribution in [3.8, 4) is 0 Å². The maximum Gasteiger partial charge on any atom is 1.00 e. The molecule has 2 fully saturated rings. The van der Waals surface area contributed by atoms with Crippen molar-refractivity contribution in [3.05, 3.63) is 0 Å². The van der Waals surface area contributed by atoms with Gasteiger partial charge in [-0.2, -0.15) is 0 Å². The van der Waals surface area contributed by atoms with E-state index in [9.17, 15) is 0 Å². The molecule has 0 aromatic heterocycles. The van der Waals surface area contributed by atoms with E-state index >= 15 is 0 Å². The van der Waals surface area contributed by atoms with Gasteiger partial charge in [-0.15, -0.1) is 0 Å². The first kappa shape index (κ1) is 12.8. The van der Waals surface area contributed by atoms with Crippen LogP contribution in [-0.2, 0) is 9.47 Å². The zero-order valence-corrected chi connectivity index (χ0v) is 13.7. The molecule has 2 saturated heterocycles. The highest BCUT2D eigenvalue weighted by molar-refractivity contribution is 6.47. The lowest BCUT2D eigenvalue weighted by atomic mass is 9.96. The summed E-state index contributed by atoms with van der Waals surface area (Å²) in [6, 6.07) is 0. The molecule has 0 aromatic rings. The molecule has 2 rings (SSSR count). The van der Waals surface area contributed by atoms with Gasteiger partial charge in [0.05, 0.1) is 29.5 Å². The van der Waals surface area contributed by atoms with Gasteiger partial charge in [-0.3, -0.25) is 0 Å². The molecular weight excluding hydrogens is 232 g/mol. The minimum atomic E-state index is -0.164. The highest BCUT2D eigenvalue weighted by Gasteiger charge is 2.52. The van der Waals surface area contributed by atoms with Gasteiger partial charge in [0.1, 0.15) is 0 Å². The Morgan fingerprint density at radius 3 is 1.50 bits per heavy atom. The van der Waals surface area contributed by atoms with Crippen LogP contribution in [0.25, 0.3) is 0 Å². The van der Waals surface area contributed by atoms with Crippen LogP contribution in [0.5, 0.6) is 0 Å². The second-order valence-electron chi connectivity index (χ2n) is 5.31. The van der Waals surface area contributed by atoms with Crippen LogP contribution in [0.4, 0.5) is 0 Å². The predicted molar refractivity (Wildman–Crippen MR) is 75.0 cm³/mol. The van der Waals surface area contributed by atoms with Crippen LogP contribution in [0.2, 0.25) is 13.1 Å². The van der Waals surface area contributed by atoms with Gasteiger partial charge in [-0.05, 0) is 38.5 Å². The Morgan fingerprint density at radius 2 is 1.25 bits per heavy atom. The summed E-state index contributed by atoms with van der Waals surface area (Å²) in [4.78, 5) is 0. The second-order valence-corrected chi connectivity index (χ2v) is 9.01. The largest absolute Gasteiger partial charge is 1.00 e. The van der Waals surface area contributed by atoms with Crippen molar-refractivity contribution in [1.82, 2.24) is 0 Å². The summed E-state index contributed by atoms with van der Waals surface area (Å²) < 4.78 is 12.6. The molecule has 0 aliphatic carbocycles. The van der Waals surface area contributed by atoms with Crippen molar-refractivity contribution in [3.63, 3.8) is 0 Å². The molecule has 0 radical (unpaired) electrons. The Labute approximate surface area is 106 Å². The Morgan fingerprint density at radius 1 is 0.812 bits per heavy atom. The van der Waals surface area contributed by atoms with Gasteiger partial charge in [0.2, 0.25) is 0 Å². The predicted octanol–water partition coefficient (Wildman–Crippen LogP) is 1.33. The van der Waals surface area contributed by atoms with Crippen molar-refractivity contribution in [1.29, 1.82) is 0 Å². The Bertz CT molecular complexity index is 203. The van der Waals surface area contributed by atoms with Gasteiger partial charge < -0.3 is 9.47 Å². The van der Waals surface area contributed by atoms with Crippen molar-refractivity contribution < 1.29 is 10.9 Å². The molecule has 2 heterocycles. The van der Waals surface area contributed by atoms with Crippen LogP contribution < -0.4 is 0 Å². The first-order valence-electron chi connectivity index (χ1n) is 7.06. The number of rotatable bonds is 3. The summed E-state index contributed by atoms with van der Waals surface area (Å²) in [5, 5.41) is 0.430. The minimum absolute atomic E-state index is 0. The van der Waals surface area contributed by atoms with E-state index in [1.54, 1.807) is 0 Å². The Hall–Kier alpha value is 0.354. The molecule has 0 amide bonds. The van der Waals surface area contributed by atoms with Crippen LogP contribution in [-0.4, -0.2) is 42.7 Å². The molecule has 0 aromatic carbocycles. The SMILES string of the molecule is C[SiH2]C1(C2([SiH2]C)CCCCO2)CCCCO1.[H+]. The average molecular weight is 260 g/mol. The molecular formula is C12H27O2Si2+. The van der Waals surface area contributed by atoms with Gasteiger partial charge >= 0.3 is 1.43 Å². The topological polar surface area (TPSA) is 18.5 Å². The van der Waals surface area contributed by atoms with Crippen LogP contribution in [0.15, 0.2) is 0 Å². The van der Waals surface area contributed by atoms with E-state index < -0.39 is 0 Å². The second kappa shape index (κ2) is 5.33. The maximum atomic E-state index is 6.32. The van der Waals surface area contributed by atoms with Gasteiger partial charge in [0.15, 0.2) is 0 Å². The van der Waals surface area contributed by atoms with Crippen LogP contribution in [0, 0.1) is 0 Å². The monoisotopic (exact) mass is 259 g/mol. The first-order valence-corrected chi connectivity index (χ1v) is 11.3. The lowest BCUT2D eigenvalue weighted by molar-refractivity contribution is -0.160. The molecule has 2 aliphatic heterocycles. The van der Waals surface area contributed by atoms with Crippen molar-refractivity contribution >= 4 is 19.0 Å². The normalized spacial score (nSPS) is 42.4. The van der Waals surface area contributed by atoms with Gasteiger partial charge in [0, 0.05) is 13.2 Å². The molecule has 2 atom stereocenters. The van der Waals surface area contributed by atoms with E-state index in [1.807, 2.05) is 0 Å². The smallest absolute Gasteiger partial charge is 0.377 e. The highest BCUT2D eigenvalue weighted by Crippen LogP contribution is 2.41. The van der Waals surface area contributed by atoms with Gasteiger partial charge in [0.25, 0.3) is 0 Å². The fourth-order valence-electron chi connectivity index (χ4n) is 3.63. The van der Waals surface area contributed by atoms with Crippen LogP contribution >= 0.6 is 0 Å². The molecule has 2 nitrogen and oxygen atoms in total. The van der Waals surface area contributed by atoms with Gasteiger partial charge in [-0.25, -0.2) is 0 Å². The third kappa shape index (κ3) is 2.05. The van der Waals surface area contributed by atoms with E-state index in [0.29, 0.717) is 0 Å². The third-order valence-corrected chi connectivity index (χ3v) is 9.87. The standard InChI is InChI=1S/C12H26O2Si2/c1-15-11(7-3-5-9-13-11)12(16-2)8-4-6-10-14-12/h3-10,15-16H2,1-2H3/p+1. The molecule has 94 valence electrons. The molecule has 0 bridgehead atoms. The third-order valence-electron chi connectivity index (χ3n) is 4.68. The summed E-state index contributed by atoms with van der Waals surface area (Å²) >= 11 is 0. The number of hydrogen-bond acceptors (Lipinski definition) is 2. The van der Waals surface area contributed by atoms with Crippen molar-refractivity contribution in [2.75, 3.05) is 13.2 Å². The first-order chi connectivity index (χ1) is 7.79. The highest BCUT2D eigenvalue weighted by atomic mass is 28.2. The fraction of sp³-hybridized carbons (Fsp3) is 1.00. The summed E-state index contributed by atoms with van der Waals surface area (Å²) in [6.07, 6.45) is 7.82. The van der Waals surface area contributed by atoms with E-state index in [2.05, 4.69) is 13.1 Å². The van der Waals surface area contributed by atoms with E-state index in [1.165, 1.54) is 38.5 Å². The zero-order chi connectivity index (χ0) is 11.5. The minimum Gasteiger partial charge on any atom is -0.377 e. The Kier molecular flexibility index (Phi) is 4.27. The molecule has 2 aliphatic rings. The molecule has 16 heavy (non-hydrogen) atoms. The molecule has 4 heteroatoms. The molecule has 0 spiro atoms. The van der Waals surface area contributed by atoms with E-state index in [4.69, 9.17) is 9.47 Å².